The molecule has 0 unspecified atom stereocenters. The van der Waals surface area contributed by atoms with Crippen molar-refractivity contribution in [1.82, 2.24) is 0 Å². The van der Waals surface area contributed by atoms with Gasteiger partial charge in [0.2, 0.25) is 0 Å². The number of hydrogen-bond donors (Lipinski definition) is 1. The molecule has 98 valence electrons. The minimum absolute atomic E-state index is 0. The highest BCUT2D eigenvalue weighted by molar-refractivity contribution is 5.85. The SMILES string of the molecule is Cl.Cl.NCCc1ccccc1N1CCOCC1. The van der Waals surface area contributed by atoms with E-state index in [1.165, 1.54) is 11.3 Å². The van der Waals surface area contributed by atoms with Crippen LogP contribution in [-0.4, -0.2) is 32.8 Å². The van der Waals surface area contributed by atoms with Gasteiger partial charge in [-0.2, -0.15) is 0 Å². The molecule has 1 saturated heterocycles. The van der Waals surface area contributed by atoms with Gasteiger partial charge in [-0.05, 0) is 24.6 Å². The van der Waals surface area contributed by atoms with Crippen LogP contribution < -0.4 is 10.6 Å². The molecule has 1 heterocycles. The molecule has 0 radical (unpaired) electrons. The topological polar surface area (TPSA) is 38.5 Å². The number of halogens is 2. The van der Waals surface area contributed by atoms with Crippen LogP contribution in [0.4, 0.5) is 5.69 Å². The first-order chi connectivity index (χ1) is 7.42. The number of nitrogens with two attached hydrogens (primary N) is 1. The first-order valence-electron chi connectivity index (χ1n) is 5.52. The van der Waals surface area contributed by atoms with Crippen LogP contribution in [0.15, 0.2) is 24.3 Å². The number of rotatable bonds is 3. The predicted molar refractivity (Wildman–Crippen MR) is 76.7 cm³/mol. The fourth-order valence-corrected chi connectivity index (χ4v) is 1.99. The molecule has 5 heteroatoms. The molecular weight excluding hydrogens is 259 g/mol. The van der Waals surface area contributed by atoms with Gasteiger partial charge in [-0.15, -0.1) is 24.8 Å². The van der Waals surface area contributed by atoms with Crippen LogP contribution in [0.1, 0.15) is 5.56 Å². The van der Waals surface area contributed by atoms with Crippen LogP contribution in [0, 0.1) is 0 Å². The summed E-state index contributed by atoms with van der Waals surface area (Å²) in [6.45, 7) is 4.35. The first-order valence-corrected chi connectivity index (χ1v) is 5.52. The Balaban J connectivity index is 0.00000128. The van der Waals surface area contributed by atoms with Gasteiger partial charge >= 0.3 is 0 Å². The lowest BCUT2D eigenvalue weighted by atomic mass is 10.1. The molecular formula is C12H20Cl2N2O. The lowest BCUT2D eigenvalue weighted by Crippen LogP contribution is -2.36. The second kappa shape index (κ2) is 8.59. The lowest BCUT2D eigenvalue weighted by Gasteiger charge is -2.30. The summed E-state index contributed by atoms with van der Waals surface area (Å²) in [6.07, 6.45) is 0.952. The van der Waals surface area contributed by atoms with Crippen LogP contribution in [0.25, 0.3) is 0 Å². The summed E-state index contributed by atoms with van der Waals surface area (Å²) in [6, 6.07) is 8.51. The summed E-state index contributed by atoms with van der Waals surface area (Å²) >= 11 is 0. The Hall–Kier alpha value is -0.480. The summed E-state index contributed by atoms with van der Waals surface area (Å²) < 4.78 is 5.35. The van der Waals surface area contributed by atoms with Gasteiger partial charge in [0.25, 0.3) is 0 Å². The Morgan fingerprint density at radius 2 is 1.76 bits per heavy atom. The molecule has 2 N–H and O–H groups in total. The Morgan fingerprint density at radius 3 is 2.41 bits per heavy atom. The van der Waals surface area contributed by atoms with Gasteiger partial charge in [0, 0.05) is 18.8 Å². The van der Waals surface area contributed by atoms with E-state index in [4.69, 9.17) is 10.5 Å². The van der Waals surface area contributed by atoms with Gasteiger partial charge in [0.1, 0.15) is 0 Å². The minimum atomic E-state index is 0. The number of nitrogens with zero attached hydrogens (tertiary/aromatic N) is 1. The van der Waals surface area contributed by atoms with E-state index in [2.05, 4.69) is 29.2 Å². The molecule has 17 heavy (non-hydrogen) atoms. The Kier molecular flexibility index (Phi) is 8.35. The quantitative estimate of drug-likeness (QED) is 0.918. The average Bonchev–Trinajstić information content (AvgIpc) is 2.31. The van der Waals surface area contributed by atoms with Crippen LogP contribution in [0.2, 0.25) is 0 Å². The molecule has 1 aliphatic rings. The molecule has 0 bridgehead atoms. The number of hydrogen-bond acceptors (Lipinski definition) is 3. The maximum absolute atomic E-state index is 5.62. The van der Waals surface area contributed by atoms with Gasteiger partial charge in [0.05, 0.1) is 13.2 Å². The zero-order valence-electron chi connectivity index (χ0n) is 9.80. The summed E-state index contributed by atoms with van der Waals surface area (Å²) in [5.74, 6) is 0. The standard InChI is InChI=1S/C12H18N2O.2ClH/c13-6-5-11-3-1-2-4-12(11)14-7-9-15-10-8-14;;/h1-4H,5-10,13H2;2*1H. The van der Waals surface area contributed by atoms with Crippen molar-refractivity contribution < 1.29 is 4.74 Å². The number of morpholine rings is 1. The van der Waals surface area contributed by atoms with Crippen LogP contribution in [0.5, 0.6) is 0 Å². The van der Waals surface area contributed by atoms with Crippen molar-refractivity contribution in [3.63, 3.8) is 0 Å². The van der Waals surface area contributed by atoms with Crippen molar-refractivity contribution in [2.24, 2.45) is 5.73 Å². The van der Waals surface area contributed by atoms with Crippen LogP contribution in [-0.2, 0) is 11.2 Å². The second-order valence-corrected chi connectivity index (χ2v) is 3.77. The molecule has 1 aliphatic heterocycles. The molecule has 0 atom stereocenters. The van der Waals surface area contributed by atoms with E-state index in [-0.39, 0.29) is 24.8 Å². The number of anilines is 1. The zero-order valence-corrected chi connectivity index (χ0v) is 11.4. The summed E-state index contributed by atoms with van der Waals surface area (Å²) in [7, 11) is 0. The highest BCUT2D eigenvalue weighted by atomic mass is 35.5. The number of para-hydroxylation sites is 1. The van der Waals surface area contributed by atoms with Gasteiger partial charge < -0.3 is 15.4 Å². The van der Waals surface area contributed by atoms with E-state index in [1.807, 2.05) is 0 Å². The average molecular weight is 279 g/mol. The minimum Gasteiger partial charge on any atom is -0.378 e. The van der Waals surface area contributed by atoms with Crippen molar-refractivity contribution in [1.29, 1.82) is 0 Å². The monoisotopic (exact) mass is 278 g/mol. The maximum Gasteiger partial charge on any atom is 0.0642 e. The van der Waals surface area contributed by atoms with Gasteiger partial charge in [-0.25, -0.2) is 0 Å². The molecule has 1 fully saturated rings. The third kappa shape index (κ3) is 4.36. The second-order valence-electron chi connectivity index (χ2n) is 3.77. The summed E-state index contributed by atoms with van der Waals surface area (Å²) in [4.78, 5) is 2.38. The molecule has 0 aromatic heterocycles. The molecule has 1 aromatic rings. The molecule has 0 saturated carbocycles. The van der Waals surface area contributed by atoms with Gasteiger partial charge in [-0.3, -0.25) is 0 Å². The molecule has 0 amide bonds. The van der Waals surface area contributed by atoms with Gasteiger partial charge in [-0.1, -0.05) is 18.2 Å². The maximum atomic E-state index is 5.62. The van der Waals surface area contributed by atoms with E-state index in [1.54, 1.807) is 0 Å². The molecule has 3 nitrogen and oxygen atoms in total. The van der Waals surface area contributed by atoms with Crippen molar-refractivity contribution in [3.05, 3.63) is 29.8 Å². The fourth-order valence-electron chi connectivity index (χ4n) is 1.99. The summed E-state index contributed by atoms with van der Waals surface area (Å²) in [5, 5.41) is 0. The zero-order chi connectivity index (χ0) is 10.5. The molecule has 1 aromatic carbocycles. The van der Waals surface area contributed by atoms with E-state index >= 15 is 0 Å². The smallest absolute Gasteiger partial charge is 0.0642 e. The highest BCUT2D eigenvalue weighted by Crippen LogP contribution is 2.21. The van der Waals surface area contributed by atoms with Crippen molar-refractivity contribution in [3.8, 4) is 0 Å². The molecule has 0 spiro atoms. The highest BCUT2D eigenvalue weighted by Gasteiger charge is 2.13. The molecule has 2 rings (SSSR count). The van der Waals surface area contributed by atoms with Crippen molar-refractivity contribution >= 4 is 30.5 Å². The predicted octanol–water partition coefficient (Wildman–Crippen LogP) is 1.87. The van der Waals surface area contributed by atoms with Crippen molar-refractivity contribution in [2.75, 3.05) is 37.7 Å². The lowest BCUT2D eigenvalue weighted by molar-refractivity contribution is 0.122. The number of benzene rings is 1. The van der Waals surface area contributed by atoms with Gasteiger partial charge in [0.15, 0.2) is 0 Å². The third-order valence-corrected chi connectivity index (χ3v) is 2.76. The van der Waals surface area contributed by atoms with E-state index in [9.17, 15) is 0 Å². The fraction of sp³-hybridized carbons (Fsp3) is 0.500. The van der Waals surface area contributed by atoms with Crippen molar-refractivity contribution in [2.45, 2.75) is 6.42 Å². The summed E-state index contributed by atoms with van der Waals surface area (Å²) in [5.41, 5.74) is 8.29. The Morgan fingerprint density at radius 1 is 1.12 bits per heavy atom. The first kappa shape index (κ1) is 16.5. The Bertz CT molecular complexity index is 317. The van der Waals surface area contributed by atoms with E-state index < -0.39 is 0 Å². The normalized spacial score (nSPS) is 14.8. The third-order valence-electron chi connectivity index (χ3n) is 2.76. The van der Waals surface area contributed by atoms with Crippen LogP contribution in [0.3, 0.4) is 0 Å². The Labute approximate surface area is 115 Å². The number of ether oxygens (including phenoxy) is 1. The van der Waals surface area contributed by atoms with E-state index in [0.29, 0.717) is 6.54 Å². The van der Waals surface area contributed by atoms with Crippen LogP contribution >= 0.6 is 24.8 Å². The molecule has 0 aliphatic carbocycles. The van der Waals surface area contributed by atoms with E-state index in [0.717, 1.165) is 32.7 Å². The largest absolute Gasteiger partial charge is 0.378 e.